The van der Waals surface area contributed by atoms with Crippen LogP contribution in [0.1, 0.15) is 79.1 Å². The van der Waals surface area contributed by atoms with E-state index in [1.54, 1.807) is 12.2 Å². The molecule has 1 fully saturated rings. The van der Waals surface area contributed by atoms with E-state index in [0.29, 0.717) is 19.3 Å². The van der Waals surface area contributed by atoms with Gasteiger partial charge in [-0.3, -0.25) is 14.4 Å². The highest BCUT2D eigenvalue weighted by Crippen LogP contribution is 2.63. The molecule has 0 aromatic heterocycles. The van der Waals surface area contributed by atoms with Gasteiger partial charge in [0.2, 0.25) is 0 Å². The quantitative estimate of drug-likeness (QED) is 0.395. The van der Waals surface area contributed by atoms with Gasteiger partial charge in [-0.15, -0.1) is 0 Å². The summed E-state index contributed by atoms with van der Waals surface area (Å²) in [6.07, 6.45) is 8.80. The molecule has 0 aromatic carbocycles. The Hall–Kier alpha value is -2.54. The molecular formula is C29H38O7. The topological polar surface area (TPSA) is 107 Å². The van der Waals surface area contributed by atoms with Crippen molar-refractivity contribution >= 4 is 23.5 Å². The van der Waals surface area contributed by atoms with Crippen molar-refractivity contribution in [2.75, 3.05) is 6.61 Å². The molecule has 4 aliphatic carbocycles. The predicted molar refractivity (Wildman–Crippen MR) is 133 cm³/mol. The van der Waals surface area contributed by atoms with Crippen LogP contribution in [-0.2, 0) is 28.7 Å². The van der Waals surface area contributed by atoms with Crippen molar-refractivity contribution in [3.63, 3.8) is 0 Å². The van der Waals surface area contributed by atoms with E-state index in [2.05, 4.69) is 13.8 Å². The standard InChI is InChI=1S/C29H38O7/c1-5-6-7-25(33)36-17(2)27(34)35-16-24(32)22-11-10-21-20-9-8-18-14-19(30)12-13-28(18,3)26(20)23(31)15-29(21,22)4/h12-14,17,21-23,31H,5-11,15-16H2,1-4H3/t17?,21-,22+,23-,28-,29-/m0/s1. The molecule has 1 unspecified atom stereocenters. The van der Waals surface area contributed by atoms with Crippen molar-refractivity contribution in [3.8, 4) is 0 Å². The van der Waals surface area contributed by atoms with E-state index in [1.165, 1.54) is 12.5 Å². The van der Waals surface area contributed by atoms with E-state index in [1.807, 2.05) is 13.0 Å². The highest BCUT2D eigenvalue weighted by Gasteiger charge is 2.57. The van der Waals surface area contributed by atoms with Gasteiger partial charge in [-0.05, 0) is 81.4 Å². The molecule has 1 N–H and O–H groups in total. The van der Waals surface area contributed by atoms with Crippen molar-refractivity contribution in [3.05, 3.63) is 34.9 Å². The van der Waals surface area contributed by atoms with Gasteiger partial charge in [0.1, 0.15) is 6.61 Å². The first-order chi connectivity index (χ1) is 17.0. The molecule has 196 valence electrons. The van der Waals surface area contributed by atoms with Crippen molar-refractivity contribution in [1.29, 1.82) is 0 Å². The van der Waals surface area contributed by atoms with Crippen molar-refractivity contribution in [2.45, 2.75) is 91.3 Å². The molecular weight excluding hydrogens is 460 g/mol. The lowest BCUT2D eigenvalue weighted by Gasteiger charge is -2.51. The Morgan fingerprint density at radius 2 is 1.94 bits per heavy atom. The monoisotopic (exact) mass is 498 g/mol. The molecule has 4 aliphatic rings. The van der Waals surface area contributed by atoms with E-state index < -0.39 is 35.0 Å². The maximum atomic E-state index is 13.2. The lowest BCUT2D eigenvalue weighted by molar-refractivity contribution is -0.168. The summed E-state index contributed by atoms with van der Waals surface area (Å²) >= 11 is 0. The van der Waals surface area contributed by atoms with Gasteiger partial charge in [0.05, 0.1) is 6.10 Å². The van der Waals surface area contributed by atoms with Crippen molar-refractivity contribution in [2.24, 2.45) is 22.7 Å². The summed E-state index contributed by atoms with van der Waals surface area (Å²) in [5.74, 6) is -1.49. The van der Waals surface area contributed by atoms with E-state index in [9.17, 15) is 24.3 Å². The predicted octanol–water partition coefficient (Wildman–Crippen LogP) is 4.18. The van der Waals surface area contributed by atoms with Crippen LogP contribution in [0.25, 0.3) is 0 Å². The number of carbonyl (C=O) groups is 4. The fourth-order valence-electron chi connectivity index (χ4n) is 7.11. The minimum absolute atomic E-state index is 0.00668. The number of aliphatic hydroxyl groups is 1. The largest absolute Gasteiger partial charge is 0.455 e. The van der Waals surface area contributed by atoms with Gasteiger partial charge in [0, 0.05) is 17.8 Å². The number of allylic oxidation sites excluding steroid dienone is 5. The average Bonchev–Trinajstić information content (AvgIpc) is 3.17. The number of fused-ring (bicyclic) bond motifs is 4. The van der Waals surface area contributed by atoms with Crippen LogP contribution in [0.3, 0.4) is 0 Å². The number of rotatable bonds is 8. The summed E-state index contributed by atoms with van der Waals surface area (Å²) in [7, 11) is 0. The molecule has 0 aromatic rings. The number of ketones is 2. The Morgan fingerprint density at radius 3 is 2.67 bits per heavy atom. The summed E-state index contributed by atoms with van der Waals surface area (Å²) in [6, 6.07) is 0. The van der Waals surface area contributed by atoms with E-state index in [0.717, 1.165) is 36.8 Å². The van der Waals surface area contributed by atoms with Crippen LogP contribution in [0.15, 0.2) is 34.9 Å². The fraction of sp³-hybridized carbons (Fsp3) is 0.655. The summed E-state index contributed by atoms with van der Waals surface area (Å²) in [4.78, 5) is 49.3. The zero-order valence-electron chi connectivity index (χ0n) is 21.8. The number of Topliss-reactive ketones (excluding diaryl/α,β-unsaturated/α-hetero) is 1. The minimum Gasteiger partial charge on any atom is -0.455 e. The zero-order valence-corrected chi connectivity index (χ0v) is 21.8. The third-order valence-corrected chi connectivity index (χ3v) is 8.98. The smallest absolute Gasteiger partial charge is 0.347 e. The highest BCUT2D eigenvalue weighted by atomic mass is 16.6. The van der Waals surface area contributed by atoms with Gasteiger partial charge in [-0.2, -0.15) is 0 Å². The molecule has 4 rings (SSSR count). The minimum atomic E-state index is -1.06. The summed E-state index contributed by atoms with van der Waals surface area (Å²) in [6.45, 7) is 7.21. The van der Waals surface area contributed by atoms with Crippen LogP contribution in [0.4, 0.5) is 0 Å². The van der Waals surface area contributed by atoms with Crippen LogP contribution in [0.5, 0.6) is 0 Å². The summed E-state index contributed by atoms with van der Waals surface area (Å²) in [5, 5.41) is 11.4. The van der Waals surface area contributed by atoms with Gasteiger partial charge in [0.15, 0.2) is 17.7 Å². The summed E-state index contributed by atoms with van der Waals surface area (Å²) in [5.41, 5.74) is 2.41. The van der Waals surface area contributed by atoms with Gasteiger partial charge < -0.3 is 14.6 Å². The maximum absolute atomic E-state index is 13.2. The molecule has 6 atom stereocenters. The lowest BCUT2D eigenvalue weighted by Crippen LogP contribution is -2.47. The average molecular weight is 499 g/mol. The molecule has 0 aliphatic heterocycles. The van der Waals surface area contributed by atoms with E-state index in [-0.39, 0.29) is 36.4 Å². The summed E-state index contributed by atoms with van der Waals surface area (Å²) < 4.78 is 10.4. The molecule has 0 heterocycles. The second-order valence-corrected chi connectivity index (χ2v) is 11.3. The number of aliphatic hydroxyl groups excluding tert-OH is 1. The Labute approximate surface area is 213 Å². The molecule has 0 saturated heterocycles. The number of ether oxygens (including phenoxy) is 2. The molecule has 0 spiro atoms. The molecule has 0 amide bonds. The Balaban J connectivity index is 1.45. The Bertz CT molecular complexity index is 1050. The lowest BCUT2D eigenvalue weighted by atomic mass is 9.53. The number of hydrogen-bond donors (Lipinski definition) is 1. The van der Waals surface area contributed by atoms with Gasteiger partial charge in [-0.25, -0.2) is 4.79 Å². The third kappa shape index (κ3) is 4.62. The van der Waals surface area contributed by atoms with Gasteiger partial charge >= 0.3 is 11.9 Å². The number of carbonyl (C=O) groups excluding carboxylic acids is 4. The van der Waals surface area contributed by atoms with Crippen molar-refractivity contribution in [1.82, 2.24) is 0 Å². The second kappa shape index (κ2) is 10.1. The van der Waals surface area contributed by atoms with E-state index >= 15 is 0 Å². The number of hydrogen-bond acceptors (Lipinski definition) is 7. The second-order valence-electron chi connectivity index (χ2n) is 11.3. The Morgan fingerprint density at radius 1 is 1.19 bits per heavy atom. The number of esters is 2. The molecule has 7 nitrogen and oxygen atoms in total. The highest BCUT2D eigenvalue weighted by molar-refractivity contribution is 6.01. The molecule has 0 bridgehead atoms. The first-order valence-corrected chi connectivity index (χ1v) is 13.3. The zero-order chi connectivity index (χ0) is 26.3. The van der Waals surface area contributed by atoms with Crippen molar-refractivity contribution < 1.29 is 33.8 Å². The van der Waals surface area contributed by atoms with Crippen LogP contribution < -0.4 is 0 Å². The van der Waals surface area contributed by atoms with Crippen LogP contribution >= 0.6 is 0 Å². The van der Waals surface area contributed by atoms with Crippen LogP contribution in [0.2, 0.25) is 0 Å². The number of unbranched alkanes of at least 4 members (excludes halogenated alkanes) is 1. The van der Waals surface area contributed by atoms with Crippen LogP contribution in [-0.4, -0.2) is 47.4 Å². The molecule has 1 saturated carbocycles. The van der Waals surface area contributed by atoms with Gasteiger partial charge in [0.25, 0.3) is 0 Å². The Kier molecular flexibility index (Phi) is 7.42. The first kappa shape index (κ1) is 26.5. The van der Waals surface area contributed by atoms with E-state index in [4.69, 9.17) is 9.47 Å². The SMILES string of the molecule is CCCCC(=O)OC(C)C(=O)OCC(=O)[C@H]1CC[C@H]2C3=C([C@@H](O)C[C@]12C)[C@@]1(C)C=CC(=O)C=C1CC3. The van der Waals surface area contributed by atoms with Crippen LogP contribution in [0, 0.1) is 22.7 Å². The first-order valence-electron chi connectivity index (χ1n) is 13.3. The van der Waals surface area contributed by atoms with Gasteiger partial charge in [-0.1, -0.05) is 37.5 Å². The third-order valence-electron chi connectivity index (χ3n) is 8.98. The maximum Gasteiger partial charge on any atom is 0.347 e. The molecule has 36 heavy (non-hydrogen) atoms. The molecule has 0 radical (unpaired) electrons. The fourth-order valence-corrected chi connectivity index (χ4v) is 7.11. The molecule has 7 heteroatoms. The normalized spacial score (nSPS) is 33.8.